The van der Waals surface area contributed by atoms with Gasteiger partial charge in [0.2, 0.25) is 0 Å². The van der Waals surface area contributed by atoms with E-state index in [9.17, 15) is 9.59 Å². The first-order valence-corrected chi connectivity index (χ1v) is 7.98. The molecule has 1 aromatic carbocycles. The molecule has 1 atom stereocenters. The third-order valence-electron chi connectivity index (χ3n) is 4.16. The average Bonchev–Trinajstić information content (AvgIpc) is 3.09. The highest BCUT2D eigenvalue weighted by Crippen LogP contribution is 2.13. The van der Waals surface area contributed by atoms with Crippen LogP contribution in [0.15, 0.2) is 48.7 Å². The molecule has 24 heavy (non-hydrogen) atoms. The maximum absolute atomic E-state index is 12.7. The largest absolute Gasteiger partial charge is 0.479 e. The molecule has 0 bridgehead atoms. The number of rotatable bonds is 5. The molecule has 0 radical (unpaired) electrons. The molecule has 2 heterocycles. The number of carboxylic acids is 1. The quantitative estimate of drug-likeness (QED) is 0.906. The Labute approximate surface area is 140 Å². The fourth-order valence-electron chi connectivity index (χ4n) is 2.84. The Bertz CT molecular complexity index is 711. The first-order valence-electron chi connectivity index (χ1n) is 7.98. The summed E-state index contributed by atoms with van der Waals surface area (Å²) >= 11 is 0. The molecule has 1 saturated heterocycles. The van der Waals surface area contributed by atoms with Crippen molar-refractivity contribution in [2.45, 2.75) is 19.1 Å². The second-order valence-corrected chi connectivity index (χ2v) is 5.77. The topological polar surface area (TPSA) is 71.8 Å². The van der Waals surface area contributed by atoms with Crippen LogP contribution in [0.4, 0.5) is 0 Å². The number of amides is 1. The van der Waals surface area contributed by atoms with Gasteiger partial charge >= 0.3 is 5.97 Å². The van der Waals surface area contributed by atoms with Crippen LogP contribution >= 0.6 is 0 Å². The molecule has 1 aromatic heterocycles. The van der Waals surface area contributed by atoms with Gasteiger partial charge in [-0.1, -0.05) is 30.3 Å². The van der Waals surface area contributed by atoms with Gasteiger partial charge in [-0.15, -0.1) is 0 Å². The van der Waals surface area contributed by atoms with E-state index in [2.05, 4.69) is 12.1 Å². The number of morpholine rings is 1. The van der Waals surface area contributed by atoms with Crippen LogP contribution in [-0.4, -0.2) is 52.3 Å². The van der Waals surface area contributed by atoms with E-state index in [4.69, 9.17) is 9.84 Å². The first-order chi connectivity index (χ1) is 11.6. The summed E-state index contributed by atoms with van der Waals surface area (Å²) in [5.74, 6) is -1.19. The van der Waals surface area contributed by atoms with E-state index >= 15 is 0 Å². The number of carboxylic acid groups (broad SMARTS) is 1. The van der Waals surface area contributed by atoms with Crippen molar-refractivity contribution in [3.63, 3.8) is 0 Å². The van der Waals surface area contributed by atoms with Crippen molar-refractivity contribution in [1.29, 1.82) is 0 Å². The van der Waals surface area contributed by atoms with E-state index in [0.29, 0.717) is 18.8 Å². The van der Waals surface area contributed by atoms with Crippen LogP contribution in [0.5, 0.6) is 0 Å². The monoisotopic (exact) mass is 328 g/mol. The number of benzene rings is 1. The molecule has 6 nitrogen and oxygen atoms in total. The zero-order valence-corrected chi connectivity index (χ0v) is 13.3. The number of nitrogens with zero attached hydrogens (tertiary/aromatic N) is 2. The molecule has 1 fully saturated rings. The average molecular weight is 328 g/mol. The standard InChI is InChI=1S/C18H20N2O4/c21-17(20-11-12-24-16(13-20)18(22)23)15-7-4-9-19(15)10-8-14-5-2-1-3-6-14/h1-7,9,16H,8,10-13H2,(H,22,23). The fourth-order valence-corrected chi connectivity index (χ4v) is 2.84. The van der Waals surface area contributed by atoms with Crippen LogP contribution in [0.3, 0.4) is 0 Å². The summed E-state index contributed by atoms with van der Waals surface area (Å²) in [5, 5.41) is 9.07. The summed E-state index contributed by atoms with van der Waals surface area (Å²) in [5.41, 5.74) is 1.79. The summed E-state index contributed by atoms with van der Waals surface area (Å²) in [6.45, 7) is 1.43. The van der Waals surface area contributed by atoms with Gasteiger partial charge in [0, 0.05) is 19.3 Å². The van der Waals surface area contributed by atoms with E-state index in [1.54, 1.807) is 11.0 Å². The molecule has 126 valence electrons. The van der Waals surface area contributed by atoms with Gasteiger partial charge in [-0.3, -0.25) is 4.79 Å². The molecule has 0 spiro atoms. The number of aliphatic carboxylic acids is 1. The minimum absolute atomic E-state index is 0.0814. The predicted octanol–water partition coefficient (Wildman–Crippen LogP) is 1.66. The van der Waals surface area contributed by atoms with E-state index in [-0.39, 0.29) is 19.1 Å². The lowest BCUT2D eigenvalue weighted by Gasteiger charge is -2.31. The SMILES string of the molecule is O=C(O)C1CN(C(=O)c2cccn2CCc2ccccc2)CCO1. The Balaban J connectivity index is 1.67. The lowest BCUT2D eigenvalue weighted by Crippen LogP contribution is -2.48. The molecule has 6 heteroatoms. The van der Waals surface area contributed by atoms with E-state index < -0.39 is 12.1 Å². The Kier molecular flexibility index (Phi) is 4.96. The molecule has 1 aliphatic rings. The highest BCUT2D eigenvalue weighted by atomic mass is 16.5. The van der Waals surface area contributed by atoms with Gasteiger partial charge in [-0.2, -0.15) is 0 Å². The molecule has 1 aliphatic heterocycles. The summed E-state index contributed by atoms with van der Waals surface area (Å²) < 4.78 is 7.09. The minimum Gasteiger partial charge on any atom is -0.479 e. The highest BCUT2D eigenvalue weighted by Gasteiger charge is 2.30. The van der Waals surface area contributed by atoms with Gasteiger partial charge in [-0.05, 0) is 24.1 Å². The van der Waals surface area contributed by atoms with Gasteiger partial charge in [0.1, 0.15) is 5.69 Å². The summed E-state index contributed by atoms with van der Waals surface area (Å²) in [6.07, 6.45) is 1.76. The summed E-state index contributed by atoms with van der Waals surface area (Å²) in [7, 11) is 0. The third kappa shape index (κ3) is 3.65. The molecular weight excluding hydrogens is 308 g/mol. The van der Waals surface area contributed by atoms with Crippen molar-refractivity contribution >= 4 is 11.9 Å². The number of ether oxygens (including phenoxy) is 1. The minimum atomic E-state index is -1.04. The third-order valence-corrected chi connectivity index (χ3v) is 4.16. The maximum Gasteiger partial charge on any atom is 0.334 e. The molecule has 2 aromatic rings. The Morgan fingerprint density at radius 3 is 2.71 bits per heavy atom. The van der Waals surface area contributed by atoms with E-state index in [0.717, 1.165) is 6.42 Å². The van der Waals surface area contributed by atoms with E-state index in [1.165, 1.54) is 5.56 Å². The van der Waals surface area contributed by atoms with Crippen LogP contribution < -0.4 is 0 Å². The number of aryl methyl sites for hydroxylation is 2. The van der Waals surface area contributed by atoms with Crippen molar-refractivity contribution < 1.29 is 19.4 Å². The molecule has 1 unspecified atom stereocenters. The number of aromatic nitrogens is 1. The number of hydrogen-bond donors (Lipinski definition) is 1. The molecule has 0 aliphatic carbocycles. The molecule has 0 saturated carbocycles. The Hall–Kier alpha value is -2.60. The summed E-state index contributed by atoms with van der Waals surface area (Å²) in [6, 6.07) is 13.7. The highest BCUT2D eigenvalue weighted by molar-refractivity contribution is 5.93. The zero-order chi connectivity index (χ0) is 16.9. The van der Waals surface area contributed by atoms with Crippen molar-refractivity contribution in [1.82, 2.24) is 9.47 Å². The number of carbonyl (C=O) groups excluding carboxylic acids is 1. The smallest absolute Gasteiger partial charge is 0.334 e. The first kappa shape index (κ1) is 16.3. The molecule has 1 amide bonds. The van der Waals surface area contributed by atoms with Crippen molar-refractivity contribution in [3.8, 4) is 0 Å². The predicted molar refractivity (Wildman–Crippen MR) is 87.9 cm³/mol. The molecular formula is C18H20N2O4. The second-order valence-electron chi connectivity index (χ2n) is 5.77. The van der Waals surface area contributed by atoms with Crippen LogP contribution in [0.2, 0.25) is 0 Å². The van der Waals surface area contributed by atoms with Gasteiger partial charge in [0.15, 0.2) is 6.10 Å². The Morgan fingerprint density at radius 1 is 1.17 bits per heavy atom. The Morgan fingerprint density at radius 2 is 1.96 bits per heavy atom. The number of hydrogen-bond acceptors (Lipinski definition) is 3. The van der Waals surface area contributed by atoms with Crippen molar-refractivity contribution in [3.05, 3.63) is 59.9 Å². The van der Waals surface area contributed by atoms with Crippen molar-refractivity contribution in [2.75, 3.05) is 19.7 Å². The van der Waals surface area contributed by atoms with Gasteiger partial charge < -0.3 is 19.3 Å². The van der Waals surface area contributed by atoms with Crippen LogP contribution in [-0.2, 0) is 22.5 Å². The van der Waals surface area contributed by atoms with E-state index in [1.807, 2.05) is 35.0 Å². The fraction of sp³-hybridized carbons (Fsp3) is 0.333. The van der Waals surface area contributed by atoms with Gasteiger partial charge in [0.05, 0.1) is 13.2 Å². The maximum atomic E-state index is 12.7. The second kappa shape index (κ2) is 7.31. The summed E-state index contributed by atoms with van der Waals surface area (Å²) in [4.78, 5) is 25.3. The van der Waals surface area contributed by atoms with Gasteiger partial charge in [0.25, 0.3) is 5.91 Å². The van der Waals surface area contributed by atoms with Crippen LogP contribution in [0.25, 0.3) is 0 Å². The zero-order valence-electron chi connectivity index (χ0n) is 13.3. The number of carbonyl (C=O) groups is 2. The lowest BCUT2D eigenvalue weighted by atomic mass is 10.1. The lowest BCUT2D eigenvalue weighted by molar-refractivity contribution is -0.154. The van der Waals surface area contributed by atoms with Gasteiger partial charge in [-0.25, -0.2) is 4.79 Å². The van der Waals surface area contributed by atoms with Crippen molar-refractivity contribution in [2.24, 2.45) is 0 Å². The normalized spacial score (nSPS) is 17.7. The molecule has 1 N–H and O–H groups in total. The van der Waals surface area contributed by atoms with Crippen LogP contribution in [0, 0.1) is 0 Å². The van der Waals surface area contributed by atoms with Crippen LogP contribution in [0.1, 0.15) is 16.1 Å². The molecule has 3 rings (SSSR count).